The minimum atomic E-state index is -1.56. The zero-order valence-corrected chi connectivity index (χ0v) is 16.1. The van der Waals surface area contributed by atoms with Crippen LogP contribution in [0.3, 0.4) is 0 Å². The number of carbonyl (C=O) groups is 2. The molecule has 2 aliphatic heterocycles. The quantitative estimate of drug-likeness (QED) is 0.476. The summed E-state index contributed by atoms with van der Waals surface area (Å²) in [4.78, 5) is 32.9. The van der Waals surface area contributed by atoms with Crippen molar-refractivity contribution in [3.8, 4) is 11.6 Å². The third-order valence-electron chi connectivity index (χ3n) is 5.40. The first-order chi connectivity index (χ1) is 14.4. The lowest BCUT2D eigenvalue weighted by molar-refractivity contribution is -0.671. The topological polar surface area (TPSA) is 112 Å². The van der Waals surface area contributed by atoms with Crippen LogP contribution in [-0.2, 0) is 14.4 Å². The van der Waals surface area contributed by atoms with Gasteiger partial charge in [-0.1, -0.05) is 41.1 Å². The van der Waals surface area contributed by atoms with E-state index >= 15 is 0 Å². The van der Waals surface area contributed by atoms with E-state index in [1.165, 1.54) is 11.6 Å². The fourth-order valence-electron chi connectivity index (χ4n) is 3.80. The molecule has 3 aromatic rings. The Morgan fingerprint density at radius 3 is 2.50 bits per heavy atom. The fraction of sp³-hybridized carbons (Fsp3) is 0.190. The third kappa shape index (κ3) is 2.38. The van der Waals surface area contributed by atoms with Gasteiger partial charge in [-0.25, -0.2) is 4.90 Å². The standard InChI is InChI=1S/C21H16N4O5/c1-12-8-10-14(11-9-12)25-17(19(27)29-23-25)16-15-18(26)24(13-6-4-3-5-7-13)20(28)21(15,2)30-22-16/h3-11,15H,1-2H3. The first-order valence-electron chi connectivity index (χ1n) is 9.28. The molecule has 0 saturated carbocycles. The van der Waals surface area contributed by atoms with Crippen LogP contribution in [0.2, 0.25) is 0 Å². The summed E-state index contributed by atoms with van der Waals surface area (Å²) in [7, 11) is 0. The number of carbonyl (C=O) groups excluding carboxylic acids is 2. The van der Waals surface area contributed by atoms with Crippen LogP contribution in [-0.4, -0.2) is 28.4 Å². The van der Waals surface area contributed by atoms with Crippen LogP contribution < -0.4 is 14.7 Å². The van der Waals surface area contributed by atoms with Crippen molar-refractivity contribution in [1.82, 2.24) is 5.27 Å². The average molecular weight is 404 g/mol. The molecule has 0 N–H and O–H groups in total. The molecule has 1 saturated heterocycles. The summed E-state index contributed by atoms with van der Waals surface area (Å²) in [6, 6.07) is 15.8. The summed E-state index contributed by atoms with van der Waals surface area (Å²) in [6.07, 6.45) is 0. The lowest BCUT2D eigenvalue weighted by Crippen LogP contribution is -2.44. The Kier molecular flexibility index (Phi) is 3.76. The van der Waals surface area contributed by atoms with Crippen molar-refractivity contribution in [2.45, 2.75) is 19.4 Å². The number of anilines is 1. The minimum absolute atomic E-state index is 0.0149. The molecule has 9 heteroatoms. The Morgan fingerprint density at radius 1 is 1.10 bits per heavy atom. The molecule has 2 amide bonds. The minimum Gasteiger partial charge on any atom is -0.539 e. The van der Waals surface area contributed by atoms with Crippen LogP contribution in [0.5, 0.6) is 5.95 Å². The average Bonchev–Trinajstić information content (AvgIpc) is 3.35. The van der Waals surface area contributed by atoms with E-state index in [2.05, 4.69) is 10.4 Å². The van der Waals surface area contributed by atoms with Gasteiger partial charge in [-0.3, -0.25) is 9.59 Å². The number of amides is 2. The Labute approximate surface area is 170 Å². The maximum absolute atomic E-state index is 13.3. The number of oxime groups is 1. The highest BCUT2D eigenvalue weighted by atomic mass is 16.7. The Hall–Kier alpha value is -4.01. The van der Waals surface area contributed by atoms with Gasteiger partial charge in [0.15, 0.2) is 11.7 Å². The van der Waals surface area contributed by atoms with Crippen LogP contribution in [0.15, 0.2) is 64.3 Å². The van der Waals surface area contributed by atoms with Crippen molar-refractivity contribution in [3.63, 3.8) is 0 Å². The molecule has 5 rings (SSSR count). The molecule has 0 aliphatic carbocycles. The SMILES string of the molecule is Cc1ccc(-[n+]2noc([O-])c2C2=NOC3(C)C(=O)N(c4ccccc4)C(=O)C23)cc1. The van der Waals surface area contributed by atoms with Crippen molar-refractivity contribution in [2.75, 3.05) is 4.90 Å². The number of benzene rings is 2. The van der Waals surface area contributed by atoms with E-state index < -0.39 is 29.3 Å². The highest BCUT2D eigenvalue weighted by Gasteiger charge is 2.66. The van der Waals surface area contributed by atoms with Crippen LogP contribution >= 0.6 is 0 Å². The van der Waals surface area contributed by atoms with E-state index in [4.69, 9.17) is 9.36 Å². The fourth-order valence-corrected chi connectivity index (χ4v) is 3.80. The van der Waals surface area contributed by atoms with Crippen molar-refractivity contribution >= 4 is 23.2 Å². The number of para-hydroxylation sites is 1. The molecule has 0 spiro atoms. The molecule has 2 aromatic carbocycles. The lowest BCUT2D eigenvalue weighted by Gasteiger charge is -2.18. The summed E-state index contributed by atoms with van der Waals surface area (Å²) in [5, 5.41) is 20.3. The van der Waals surface area contributed by atoms with E-state index in [-0.39, 0.29) is 11.4 Å². The molecule has 9 nitrogen and oxygen atoms in total. The number of hydrogen-bond acceptors (Lipinski definition) is 7. The van der Waals surface area contributed by atoms with E-state index in [0.29, 0.717) is 11.4 Å². The zero-order chi connectivity index (χ0) is 21.0. The number of fused-ring (bicyclic) bond motifs is 1. The van der Waals surface area contributed by atoms with Crippen LogP contribution in [0.25, 0.3) is 5.69 Å². The highest BCUT2D eigenvalue weighted by molar-refractivity contribution is 6.33. The summed E-state index contributed by atoms with van der Waals surface area (Å²) in [5.41, 5.74) is 0.400. The van der Waals surface area contributed by atoms with Crippen LogP contribution in [0, 0.1) is 12.8 Å². The molecule has 2 atom stereocenters. The molecule has 30 heavy (non-hydrogen) atoms. The first-order valence-corrected chi connectivity index (χ1v) is 9.28. The number of aryl methyl sites for hydroxylation is 1. The lowest BCUT2D eigenvalue weighted by atomic mass is 9.87. The summed E-state index contributed by atoms with van der Waals surface area (Å²) in [6.45, 7) is 3.42. The normalized spacial score (nSPS) is 22.8. The monoisotopic (exact) mass is 404 g/mol. The van der Waals surface area contributed by atoms with E-state index in [1.54, 1.807) is 42.5 Å². The number of aromatic nitrogens is 2. The van der Waals surface area contributed by atoms with E-state index in [0.717, 1.165) is 10.5 Å². The van der Waals surface area contributed by atoms with Crippen molar-refractivity contribution in [1.29, 1.82) is 0 Å². The maximum Gasteiger partial charge on any atom is 0.289 e. The van der Waals surface area contributed by atoms with Crippen LogP contribution in [0.1, 0.15) is 18.2 Å². The van der Waals surface area contributed by atoms with Gasteiger partial charge in [0.2, 0.25) is 17.2 Å². The van der Waals surface area contributed by atoms with E-state index in [9.17, 15) is 14.7 Å². The molecule has 1 fully saturated rings. The second-order valence-electron chi connectivity index (χ2n) is 7.38. The van der Waals surface area contributed by atoms with Gasteiger partial charge >= 0.3 is 0 Å². The van der Waals surface area contributed by atoms with Gasteiger partial charge in [-0.05, 0) is 30.7 Å². The number of hydrogen-bond donors (Lipinski definition) is 0. The Bertz CT molecular complexity index is 1200. The molecular formula is C21H16N4O5. The molecule has 2 aliphatic rings. The molecule has 3 heterocycles. The van der Waals surface area contributed by atoms with Gasteiger partial charge in [0, 0.05) is 12.1 Å². The van der Waals surface area contributed by atoms with Gasteiger partial charge in [0.25, 0.3) is 11.6 Å². The number of rotatable bonds is 3. The van der Waals surface area contributed by atoms with Gasteiger partial charge in [0.05, 0.1) is 11.0 Å². The number of imide groups is 1. The summed E-state index contributed by atoms with van der Waals surface area (Å²) in [5.74, 6) is -2.95. The molecular weight excluding hydrogens is 388 g/mol. The van der Waals surface area contributed by atoms with Crippen molar-refractivity contribution in [3.05, 3.63) is 65.9 Å². The Morgan fingerprint density at radius 2 is 1.80 bits per heavy atom. The molecule has 0 radical (unpaired) electrons. The number of nitrogens with zero attached hydrogens (tertiary/aromatic N) is 4. The van der Waals surface area contributed by atoms with Gasteiger partial charge in [0.1, 0.15) is 5.92 Å². The second kappa shape index (κ2) is 6.24. The predicted molar refractivity (Wildman–Crippen MR) is 101 cm³/mol. The zero-order valence-electron chi connectivity index (χ0n) is 16.1. The largest absolute Gasteiger partial charge is 0.539 e. The summed E-state index contributed by atoms with van der Waals surface area (Å²) >= 11 is 0. The molecule has 150 valence electrons. The smallest absolute Gasteiger partial charge is 0.289 e. The first kappa shape index (κ1) is 18.0. The van der Waals surface area contributed by atoms with Gasteiger partial charge in [-0.15, -0.1) is 0 Å². The van der Waals surface area contributed by atoms with Gasteiger partial charge < -0.3 is 14.5 Å². The highest BCUT2D eigenvalue weighted by Crippen LogP contribution is 2.43. The van der Waals surface area contributed by atoms with E-state index in [1.807, 2.05) is 19.1 Å². The van der Waals surface area contributed by atoms with Crippen molar-refractivity contribution in [2.24, 2.45) is 11.1 Å². The van der Waals surface area contributed by atoms with Crippen LogP contribution in [0.4, 0.5) is 5.69 Å². The molecule has 2 unspecified atom stereocenters. The predicted octanol–water partition coefficient (Wildman–Crippen LogP) is 1.02. The second-order valence-corrected chi connectivity index (χ2v) is 7.38. The summed E-state index contributed by atoms with van der Waals surface area (Å²) < 4.78 is 6.12. The molecule has 0 bridgehead atoms. The van der Waals surface area contributed by atoms with Crippen molar-refractivity contribution < 1.29 is 28.7 Å². The third-order valence-corrected chi connectivity index (χ3v) is 5.40. The maximum atomic E-state index is 13.3. The Balaban J connectivity index is 1.60. The molecule has 1 aromatic heterocycles. The van der Waals surface area contributed by atoms with Gasteiger partial charge in [-0.2, -0.15) is 0 Å².